The van der Waals surface area contributed by atoms with Crippen molar-refractivity contribution in [1.82, 2.24) is 4.90 Å². The van der Waals surface area contributed by atoms with Gasteiger partial charge in [0.15, 0.2) is 0 Å². The molecule has 0 bridgehead atoms. The van der Waals surface area contributed by atoms with Gasteiger partial charge < -0.3 is 14.1 Å². The third kappa shape index (κ3) is 4.38. The first kappa shape index (κ1) is 14.6. The standard InChI is InChI=1S/C16H21NO3/c1-2-11-19-13-14-7-9-17(10-8-14)16(18)6-5-15-4-3-12-20-15/h2-6,12,14H,1,7-11,13H2/b6-5+. The van der Waals surface area contributed by atoms with Crippen LogP contribution in [-0.4, -0.2) is 37.1 Å². The molecule has 0 aromatic carbocycles. The zero-order valence-electron chi connectivity index (χ0n) is 11.7. The van der Waals surface area contributed by atoms with Crippen LogP contribution in [0.1, 0.15) is 18.6 Å². The largest absolute Gasteiger partial charge is 0.465 e. The summed E-state index contributed by atoms with van der Waals surface area (Å²) in [5.74, 6) is 1.30. The van der Waals surface area contributed by atoms with Crippen LogP contribution in [0.15, 0.2) is 41.5 Å². The van der Waals surface area contributed by atoms with E-state index in [0.29, 0.717) is 18.3 Å². The molecule has 1 aromatic rings. The average Bonchev–Trinajstić information content (AvgIpc) is 2.99. The predicted molar refractivity (Wildman–Crippen MR) is 78.1 cm³/mol. The minimum absolute atomic E-state index is 0.0480. The third-order valence-electron chi connectivity index (χ3n) is 3.45. The van der Waals surface area contributed by atoms with E-state index in [2.05, 4.69) is 6.58 Å². The highest BCUT2D eigenvalue weighted by molar-refractivity contribution is 5.91. The molecule has 1 saturated heterocycles. The van der Waals surface area contributed by atoms with Crippen LogP contribution in [0.2, 0.25) is 0 Å². The Morgan fingerprint density at radius 2 is 2.30 bits per heavy atom. The van der Waals surface area contributed by atoms with Crippen LogP contribution in [-0.2, 0) is 9.53 Å². The van der Waals surface area contributed by atoms with Crippen molar-refractivity contribution in [3.05, 3.63) is 42.9 Å². The van der Waals surface area contributed by atoms with Crippen molar-refractivity contribution in [3.63, 3.8) is 0 Å². The summed E-state index contributed by atoms with van der Waals surface area (Å²) >= 11 is 0. The van der Waals surface area contributed by atoms with E-state index in [1.54, 1.807) is 30.6 Å². The molecule has 20 heavy (non-hydrogen) atoms. The fourth-order valence-electron chi connectivity index (χ4n) is 2.28. The number of likely N-dealkylation sites (tertiary alicyclic amines) is 1. The van der Waals surface area contributed by atoms with Gasteiger partial charge in [-0.05, 0) is 37.0 Å². The molecular formula is C16H21NO3. The van der Waals surface area contributed by atoms with Gasteiger partial charge in [-0.2, -0.15) is 0 Å². The molecule has 4 heteroatoms. The number of amides is 1. The fourth-order valence-corrected chi connectivity index (χ4v) is 2.28. The Labute approximate surface area is 119 Å². The van der Waals surface area contributed by atoms with Gasteiger partial charge in [-0.25, -0.2) is 0 Å². The maximum Gasteiger partial charge on any atom is 0.246 e. The van der Waals surface area contributed by atoms with Crippen molar-refractivity contribution in [1.29, 1.82) is 0 Å². The minimum atomic E-state index is 0.0480. The third-order valence-corrected chi connectivity index (χ3v) is 3.45. The number of furan rings is 1. The van der Waals surface area contributed by atoms with Crippen molar-refractivity contribution in [2.75, 3.05) is 26.3 Å². The Bertz CT molecular complexity index is 442. The second-order valence-electron chi connectivity index (χ2n) is 4.94. The lowest BCUT2D eigenvalue weighted by atomic mass is 9.98. The molecule has 0 aliphatic carbocycles. The summed E-state index contributed by atoms with van der Waals surface area (Å²) in [7, 11) is 0. The summed E-state index contributed by atoms with van der Waals surface area (Å²) < 4.78 is 10.6. The van der Waals surface area contributed by atoms with Crippen LogP contribution in [0.5, 0.6) is 0 Å². The topological polar surface area (TPSA) is 42.7 Å². The van der Waals surface area contributed by atoms with Gasteiger partial charge >= 0.3 is 0 Å². The number of carbonyl (C=O) groups excluding carboxylic acids is 1. The Morgan fingerprint density at radius 1 is 1.50 bits per heavy atom. The zero-order chi connectivity index (χ0) is 14.2. The molecule has 1 aliphatic rings. The van der Waals surface area contributed by atoms with Gasteiger partial charge in [0.2, 0.25) is 5.91 Å². The zero-order valence-corrected chi connectivity index (χ0v) is 11.7. The van der Waals surface area contributed by atoms with Crippen LogP contribution >= 0.6 is 0 Å². The monoisotopic (exact) mass is 275 g/mol. The first-order valence-electron chi connectivity index (χ1n) is 6.98. The molecule has 0 unspecified atom stereocenters. The van der Waals surface area contributed by atoms with Crippen molar-refractivity contribution in [3.8, 4) is 0 Å². The molecule has 1 fully saturated rings. The van der Waals surface area contributed by atoms with Gasteiger partial charge in [-0.15, -0.1) is 6.58 Å². The summed E-state index contributed by atoms with van der Waals surface area (Å²) in [5, 5.41) is 0. The lowest BCUT2D eigenvalue weighted by molar-refractivity contribution is -0.127. The van der Waals surface area contributed by atoms with Crippen LogP contribution in [0, 0.1) is 5.92 Å². The van der Waals surface area contributed by atoms with E-state index in [0.717, 1.165) is 32.5 Å². The molecular weight excluding hydrogens is 254 g/mol. The molecule has 4 nitrogen and oxygen atoms in total. The molecule has 0 N–H and O–H groups in total. The number of carbonyl (C=O) groups is 1. The lowest BCUT2D eigenvalue weighted by Crippen LogP contribution is -2.38. The SMILES string of the molecule is C=CCOCC1CCN(C(=O)/C=C/c2ccco2)CC1. The molecule has 1 aliphatic heterocycles. The molecule has 2 heterocycles. The van der Waals surface area contributed by atoms with Gasteiger partial charge in [-0.3, -0.25) is 4.79 Å². The highest BCUT2D eigenvalue weighted by Crippen LogP contribution is 2.18. The van der Waals surface area contributed by atoms with E-state index in [9.17, 15) is 4.79 Å². The second-order valence-corrected chi connectivity index (χ2v) is 4.94. The minimum Gasteiger partial charge on any atom is -0.465 e. The maximum absolute atomic E-state index is 12.0. The van der Waals surface area contributed by atoms with Crippen molar-refractivity contribution >= 4 is 12.0 Å². The molecule has 0 atom stereocenters. The summed E-state index contributed by atoms with van der Waals surface area (Å²) in [6.45, 7) is 6.58. The second kappa shape index (κ2) is 7.70. The van der Waals surface area contributed by atoms with Crippen molar-refractivity contribution in [2.24, 2.45) is 5.92 Å². The molecule has 1 aromatic heterocycles. The average molecular weight is 275 g/mol. The van der Waals surface area contributed by atoms with Crippen LogP contribution < -0.4 is 0 Å². The van der Waals surface area contributed by atoms with E-state index >= 15 is 0 Å². The molecule has 2 rings (SSSR count). The highest BCUT2D eigenvalue weighted by Gasteiger charge is 2.21. The highest BCUT2D eigenvalue weighted by atomic mass is 16.5. The molecule has 1 amide bonds. The van der Waals surface area contributed by atoms with Crippen LogP contribution in [0.4, 0.5) is 0 Å². The number of piperidine rings is 1. The number of rotatable bonds is 6. The summed E-state index contributed by atoms with van der Waals surface area (Å²) in [6, 6.07) is 3.63. The molecule has 0 saturated carbocycles. The van der Waals surface area contributed by atoms with E-state index < -0.39 is 0 Å². The van der Waals surface area contributed by atoms with Gasteiger partial charge in [0.1, 0.15) is 5.76 Å². The van der Waals surface area contributed by atoms with Crippen LogP contribution in [0.3, 0.4) is 0 Å². The van der Waals surface area contributed by atoms with Gasteiger partial charge in [0.05, 0.1) is 12.9 Å². The number of hydrogen-bond acceptors (Lipinski definition) is 3. The Kier molecular flexibility index (Phi) is 5.62. The summed E-state index contributed by atoms with van der Waals surface area (Å²) in [6.07, 6.45) is 8.64. The quantitative estimate of drug-likeness (QED) is 0.455. The predicted octanol–water partition coefficient (Wildman–Crippen LogP) is 2.73. The summed E-state index contributed by atoms with van der Waals surface area (Å²) in [5.41, 5.74) is 0. The first-order chi connectivity index (χ1) is 9.79. The Hall–Kier alpha value is -1.81. The molecule has 0 radical (unpaired) electrons. The number of ether oxygens (including phenoxy) is 1. The van der Waals surface area contributed by atoms with E-state index in [-0.39, 0.29) is 5.91 Å². The number of hydrogen-bond donors (Lipinski definition) is 0. The number of nitrogens with zero attached hydrogens (tertiary/aromatic N) is 1. The van der Waals surface area contributed by atoms with Gasteiger partial charge in [-0.1, -0.05) is 6.08 Å². The van der Waals surface area contributed by atoms with Crippen LogP contribution in [0.25, 0.3) is 6.08 Å². The van der Waals surface area contributed by atoms with Gasteiger partial charge in [0, 0.05) is 25.8 Å². The van der Waals surface area contributed by atoms with Gasteiger partial charge in [0.25, 0.3) is 0 Å². The smallest absolute Gasteiger partial charge is 0.246 e. The first-order valence-corrected chi connectivity index (χ1v) is 6.98. The lowest BCUT2D eigenvalue weighted by Gasteiger charge is -2.31. The maximum atomic E-state index is 12.0. The van der Waals surface area contributed by atoms with E-state index in [4.69, 9.17) is 9.15 Å². The Balaban J connectivity index is 1.73. The van der Waals surface area contributed by atoms with E-state index in [1.807, 2.05) is 11.0 Å². The molecule has 0 spiro atoms. The molecule has 108 valence electrons. The van der Waals surface area contributed by atoms with E-state index in [1.165, 1.54) is 0 Å². The summed E-state index contributed by atoms with van der Waals surface area (Å²) in [4.78, 5) is 13.9. The Morgan fingerprint density at radius 3 is 2.95 bits per heavy atom. The fraction of sp³-hybridized carbons (Fsp3) is 0.438. The van der Waals surface area contributed by atoms with Crippen molar-refractivity contribution < 1.29 is 13.9 Å². The van der Waals surface area contributed by atoms with Crippen molar-refractivity contribution in [2.45, 2.75) is 12.8 Å². The normalized spacial score (nSPS) is 16.7.